The molecule has 1 aromatic carbocycles. The molecule has 0 fully saturated rings. The summed E-state index contributed by atoms with van der Waals surface area (Å²) in [6, 6.07) is 6.02. The molecule has 94 valence electrons. The maximum atomic E-state index is 13.7. The second-order valence-corrected chi connectivity index (χ2v) is 4.02. The molecule has 0 saturated heterocycles. The van der Waals surface area contributed by atoms with E-state index in [-0.39, 0.29) is 11.9 Å². The summed E-state index contributed by atoms with van der Waals surface area (Å²) in [6.45, 7) is -0.147. The Hall–Kier alpha value is -1.72. The highest BCUT2D eigenvalue weighted by molar-refractivity contribution is 6.28. The average molecular weight is 268 g/mol. The largest absolute Gasteiger partial charge is 0.392 e. The molecule has 0 aliphatic rings. The Morgan fingerprint density at radius 3 is 2.83 bits per heavy atom. The highest BCUT2D eigenvalue weighted by Gasteiger charge is 2.11. The fourth-order valence-corrected chi connectivity index (χ4v) is 1.69. The number of nitrogens with zero attached hydrogens (tertiary/aromatic N) is 3. The summed E-state index contributed by atoms with van der Waals surface area (Å²) in [4.78, 5) is 9.31. The van der Waals surface area contributed by atoms with Gasteiger partial charge in [-0.25, -0.2) is 14.4 Å². The van der Waals surface area contributed by atoms with Gasteiger partial charge in [-0.1, -0.05) is 6.07 Å². The van der Waals surface area contributed by atoms with E-state index in [2.05, 4.69) is 9.97 Å². The Bertz CT molecular complexity index is 565. The van der Waals surface area contributed by atoms with Gasteiger partial charge in [-0.3, -0.25) is 0 Å². The molecule has 0 amide bonds. The molecule has 18 heavy (non-hydrogen) atoms. The van der Waals surface area contributed by atoms with Crippen molar-refractivity contribution in [1.29, 1.82) is 0 Å². The van der Waals surface area contributed by atoms with Crippen LogP contribution in [0.3, 0.4) is 0 Å². The molecule has 4 nitrogen and oxygen atoms in total. The Balaban J connectivity index is 2.41. The van der Waals surface area contributed by atoms with E-state index in [0.29, 0.717) is 17.1 Å². The SMILES string of the molecule is CN(c1ccnc(Cl)n1)c1cc(CO)ccc1F. The smallest absolute Gasteiger partial charge is 0.224 e. The molecule has 2 rings (SSSR count). The predicted octanol–water partition coefficient (Wildman–Crippen LogP) is 2.53. The first kappa shape index (κ1) is 12.7. The summed E-state index contributed by atoms with van der Waals surface area (Å²) in [7, 11) is 1.66. The molecule has 0 saturated carbocycles. The molecular weight excluding hydrogens is 257 g/mol. The number of benzene rings is 1. The number of aromatic nitrogens is 2. The number of aliphatic hydroxyl groups is 1. The van der Waals surface area contributed by atoms with E-state index >= 15 is 0 Å². The molecule has 1 heterocycles. The summed E-state index contributed by atoms with van der Waals surface area (Å²) in [5.41, 5.74) is 0.940. The number of hydrogen-bond acceptors (Lipinski definition) is 4. The first-order valence-electron chi connectivity index (χ1n) is 5.23. The highest BCUT2D eigenvalue weighted by Crippen LogP contribution is 2.26. The quantitative estimate of drug-likeness (QED) is 0.868. The number of anilines is 2. The summed E-state index contributed by atoms with van der Waals surface area (Å²) >= 11 is 5.69. The Labute approximate surface area is 109 Å². The van der Waals surface area contributed by atoms with Crippen molar-refractivity contribution in [2.24, 2.45) is 0 Å². The van der Waals surface area contributed by atoms with E-state index in [9.17, 15) is 4.39 Å². The van der Waals surface area contributed by atoms with Gasteiger partial charge in [0.15, 0.2) is 0 Å². The van der Waals surface area contributed by atoms with Gasteiger partial charge in [0, 0.05) is 13.2 Å². The summed E-state index contributed by atoms with van der Waals surface area (Å²) in [6.07, 6.45) is 1.50. The molecule has 6 heteroatoms. The van der Waals surface area contributed by atoms with Crippen molar-refractivity contribution >= 4 is 23.1 Å². The monoisotopic (exact) mass is 267 g/mol. The first-order valence-corrected chi connectivity index (χ1v) is 5.61. The number of hydrogen-bond donors (Lipinski definition) is 1. The highest BCUT2D eigenvalue weighted by atomic mass is 35.5. The van der Waals surface area contributed by atoms with Gasteiger partial charge in [-0.15, -0.1) is 0 Å². The zero-order chi connectivity index (χ0) is 13.1. The van der Waals surface area contributed by atoms with Crippen molar-refractivity contribution in [1.82, 2.24) is 9.97 Å². The van der Waals surface area contributed by atoms with Crippen molar-refractivity contribution in [3.8, 4) is 0 Å². The zero-order valence-corrected chi connectivity index (χ0v) is 10.4. The molecule has 1 aromatic heterocycles. The Morgan fingerprint density at radius 1 is 1.39 bits per heavy atom. The number of rotatable bonds is 3. The summed E-state index contributed by atoms with van der Waals surface area (Å²) < 4.78 is 13.7. The van der Waals surface area contributed by atoms with Gasteiger partial charge in [-0.2, -0.15) is 0 Å². The first-order chi connectivity index (χ1) is 8.61. The predicted molar refractivity (Wildman–Crippen MR) is 67.4 cm³/mol. The van der Waals surface area contributed by atoms with Crippen LogP contribution in [-0.4, -0.2) is 22.1 Å². The maximum Gasteiger partial charge on any atom is 0.224 e. The van der Waals surface area contributed by atoms with Crippen LogP contribution in [0.5, 0.6) is 0 Å². The van der Waals surface area contributed by atoms with Gasteiger partial charge in [0.05, 0.1) is 12.3 Å². The third-order valence-corrected chi connectivity index (χ3v) is 2.69. The third-order valence-electron chi connectivity index (χ3n) is 2.51. The van der Waals surface area contributed by atoms with Gasteiger partial charge in [-0.05, 0) is 35.4 Å². The summed E-state index contributed by atoms with van der Waals surface area (Å²) in [5.74, 6) is 0.0772. The van der Waals surface area contributed by atoms with Crippen LogP contribution in [-0.2, 0) is 6.61 Å². The second-order valence-electron chi connectivity index (χ2n) is 3.69. The minimum atomic E-state index is -0.399. The van der Waals surface area contributed by atoms with E-state index in [0.717, 1.165) is 0 Å². The van der Waals surface area contributed by atoms with Crippen molar-refractivity contribution < 1.29 is 9.50 Å². The lowest BCUT2D eigenvalue weighted by molar-refractivity contribution is 0.281. The fraction of sp³-hybridized carbons (Fsp3) is 0.167. The molecule has 0 aliphatic carbocycles. The van der Waals surface area contributed by atoms with Crippen LogP contribution in [0, 0.1) is 5.82 Å². The van der Waals surface area contributed by atoms with Crippen LogP contribution in [0.4, 0.5) is 15.9 Å². The van der Waals surface area contributed by atoms with Crippen LogP contribution >= 0.6 is 11.6 Å². The van der Waals surface area contributed by atoms with Crippen molar-refractivity contribution in [2.75, 3.05) is 11.9 Å². The molecule has 0 spiro atoms. The van der Waals surface area contributed by atoms with Gasteiger partial charge < -0.3 is 10.0 Å². The van der Waals surface area contributed by atoms with Gasteiger partial charge >= 0.3 is 0 Å². The van der Waals surface area contributed by atoms with Crippen LogP contribution < -0.4 is 4.90 Å². The molecule has 0 radical (unpaired) electrons. The van der Waals surface area contributed by atoms with Crippen molar-refractivity contribution in [3.63, 3.8) is 0 Å². The van der Waals surface area contributed by atoms with Gasteiger partial charge in [0.25, 0.3) is 0 Å². The second kappa shape index (κ2) is 5.29. The maximum absolute atomic E-state index is 13.7. The lowest BCUT2D eigenvalue weighted by Crippen LogP contribution is -2.13. The van der Waals surface area contributed by atoms with Crippen LogP contribution in [0.2, 0.25) is 5.28 Å². The topological polar surface area (TPSA) is 49.2 Å². The molecule has 2 aromatic rings. The number of halogens is 2. The van der Waals surface area contributed by atoms with E-state index in [4.69, 9.17) is 16.7 Å². The van der Waals surface area contributed by atoms with E-state index in [1.807, 2.05) is 0 Å². The third kappa shape index (κ3) is 2.57. The Kier molecular flexibility index (Phi) is 3.74. The molecule has 1 N–H and O–H groups in total. The van der Waals surface area contributed by atoms with Gasteiger partial charge in [0.2, 0.25) is 5.28 Å². The van der Waals surface area contributed by atoms with Crippen LogP contribution in [0.25, 0.3) is 0 Å². The van der Waals surface area contributed by atoms with Crippen LogP contribution in [0.1, 0.15) is 5.56 Å². The van der Waals surface area contributed by atoms with E-state index in [1.54, 1.807) is 24.1 Å². The van der Waals surface area contributed by atoms with Gasteiger partial charge in [0.1, 0.15) is 11.6 Å². The normalized spacial score (nSPS) is 10.4. The minimum absolute atomic E-state index is 0.0954. The average Bonchev–Trinajstić information content (AvgIpc) is 2.38. The molecule has 0 unspecified atom stereocenters. The lowest BCUT2D eigenvalue weighted by atomic mass is 10.2. The number of aliphatic hydroxyl groups excluding tert-OH is 1. The molecule has 0 bridgehead atoms. The summed E-state index contributed by atoms with van der Waals surface area (Å²) in [5, 5.41) is 9.16. The standard InChI is InChI=1S/C12H11ClFN3O/c1-17(11-4-5-15-12(13)16-11)10-6-8(7-18)2-3-9(10)14/h2-6,18H,7H2,1H3. The van der Waals surface area contributed by atoms with E-state index < -0.39 is 5.82 Å². The minimum Gasteiger partial charge on any atom is -0.392 e. The Morgan fingerprint density at radius 2 is 2.17 bits per heavy atom. The zero-order valence-electron chi connectivity index (χ0n) is 9.64. The molecular formula is C12H11ClFN3O. The van der Waals surface area contributed by atoms with Crippen molar-refractivity contribution in [3.05, 3.63) is 47.1 Å². The van der Waals surface area contributed by atoms with Crippen LogP contribution in [0.15, 0.2) is 30.5 Å². The molecule has 0 atom stereocenters. The molecule has 0 aliphatic heterocycles. The van der Waals surface area contributed by atoms with E-state index in [1.165, 1.54) is 18.3 Å². The fourth-order valence-electron chi connectivity index (χ4n) is 1.55. The lowest BCUT2D eigenvalue weighted by Gasteiger charge is -2.19. The van der Waals surface area contributed by atoms with Crippen molar-refractivity contribution in [2.45, 2.75) is 6.61 Å².